The van der Waals surface area contributed by atoms with Crippen molar-refractivity contribution in [2.45, 2.75) is 51.4 Å². The van der Waals surface area contributed by atoms with Crippen LogP contribution in [-0.2, 0) is 6.54 Å². The number of hydrogen-bond donors (Lipinski definition) is 1. The molecule has 1 aliphatic carbocycles. The average Bonchev–Trinajstić information content (AvgIpc) is 2.23. The number of rotatable bonds is 4. The zero-order chi connectivity index (χ0) is 11.5. The molecule has 2 N–H and O–H groups in total. The Balaban J connectivity index is 1.98. The van der Waals surface area contributed by atoms with Crippen LogP contribution >= 0.6 is 0 Å². The lowest BCUT2D eigenvalue weighted by Gasteiger charge is -2.43. The molecule has 2 rings (SSSR count). The van der Waals surface area contributed by atoms with E-state index in [0.717, 1.165) is 19.4 Å². The molecule has 1 aliphatic rings. The molecule has 1 saturated carbocycles. The van der Waals surface area contributed by atoms with Crippen LogP contribution in [0.3, 0.4) is 0 Å². The van der Waals surface area contributed by atoms with Gasteiger partial charge in [-0.3, -0.25) is 4.90 Å². The van der Waals surface area contributed by atoms with Crippen molar-refractivity contribution in [3.8, 4) is 0 Å². The SMILES string of the molecule is CC(C)N(Cc1ccccc1)C1CC(N)C1. The number of benzene rings is 1. The van der Waals surface area contributed by atoms with Crippen LogP contribution in [0.2, 0.25) is 0 Å². The first-order valence-electron chi connectivity index (χ1n) is 6.22. The first-order chi connectivity index (χ1) is 7.66. The fraction of sp³-hybridized carbons (Fsp3) is 0.571. The van der Waals surface area contributed by atoms with E-state index in [1.807, 2.05) is 0 Å². The molecule has 0 atom stereocenters. The van der Waals surface area contributed by atoms with Crippen molar-refractivity contribution in [2.24, 2.45) is 5.73 Å². The molecule has 0 aliphatic heterocycles. The molecule has 0 bridgehead atoms. The van der Waals surface area contributed by atoms with Gasteiger partial charge in [-0.15, -0.1) is 0 Å². The zero-order valence-electron chi connectivity index (χ0n) is 10.3. The van der Waals surface area contributed by atoms with E-state index in [2.05, 4.69) is 49.1 Å². The maximum Gasteiger partial charge on any atom is 0.0239 e. The van der Waals surface area contributed by atoms with Gasteiger partial charge < -0.3 is 5.73 Å². The van der Waals surface area contributed by atoms with Crippen molar-refractivity contribution in [3.05, 3.63) is 35.9 Å². The van der Waals surface area contributed by atoms with Crippen LogP contribution in [0.4, 0.5) is 0 Å². The standard InChI is InChI=1S/C14H22N2/c1-11(2)16(14-8-13(15)9-14)10-12-6-4-3-5-7-12/h3-7,11,13-14H,8-10,15H2,1-2H3. The van der Waals surface area contributed by atoms with Gasteiger partial charge in [-0.1, -0.05) is 30.3 Å². The number of hydrogen-bond acceptors (Lipinski definition) is 2. The summed E-state index contributed by atoms with van der Waals surface area (Å²) in [6.45, 7) is 5.59. The first-order valence-corrected chi connectivity index (χ1v) is 6.22. The van der Waals surface area contributed by atoms with Crippen LogP contribution in [0.1, 0.15) is 32.3 Å². The maximum atomic E-state index is 5.87. The third kappa shape index (κ3) is 2.63. The Bertz CT molecular complexity index is 315. The summed E-state index contributed by atoms with van der Waals surface area (Å²) in [7, 11) is 0. The molecule has 0 spiro atoms. The Labute approximate surface area is 98.4 Å². The van der Waals surface area contributed by atoms with Crippen molar-refractivity contribution in [3.63, 3.8) is 0 Å². The zero-order valence-corrected chi connectivity index (χ0v) is 10.3. The van der Waals surface area contributed by atoms with E-state index in [1.54, 1.807) is 0 Å². The molecular weight excluding hydrogens is 196 g/mol. The van der Waals surface area contributed by atoms with Gasteiger partial charge in [0.15, 0.2) is 0 Å². The Morgan fingerprint density at radius 3 is 2.38 bits per heavy atom. The quantitative estimate of drug-likeness (QED) is 0.840. The van der Waals surface area contributed by atoms with Crippen molar-refractivity contribution >= 4 is 0 Å². The van der Waals surface area contributed by atoms with Gasteiger partial charge in [0.25, 0.3) is 0 Å². The van der Waals surface area contributed by atoms with Crippen molar-refractivity contribution in [1.29, 1.82) is 0 Å². The largest absolute Gasteiger partial charge is 0.328 e. The van der Waals surface area contributed by atoms with E-state index in [9.17, 15) is 0 Å². The number of nitrogens with zero attached hydrogens (tertiary/aromatic N) is 1. The molecule has 1 fully saturated rings. The average molecular weight is 218 g/mol. The summed E-state index contributed by atoms with van der Waals surface area (Å²) in [6, 6.07) is 12.4. The summed E-state index contributed by atoms with van der Waals surface area (Å²) in [4.78, 5) is 2.57. The second-order valence-electron chi connectivity index (χ2n) is 5.14. The normalized spacial score (nSPS) is 24.8. The van der Waals surface area contributed by atoms with E-state index >= 15 is 0 Å². The Morgan fingerprint density at radius 1 is 1.25 bits per heavy atom. The lowest BCUT2D eigenvalue weighted by atomic mass is 9.85. The Kier molecular flexibility index (Phi) is 3.62. The van der Waals surface area contributed by atoms with Crippen molar-refractivity contribution in [1.82, 2.24) is 4.90 Å². The van der Waals surface area contributed by atoms with E-state index in [1.165, 1.54) is 5.56 Å². The molecule has 1 aromatic rings. The summed E-state index contributed by atoms with van der Waals surface area (Å²) < 4.78 is 0. The predicted molar refractivity (Wildman–Crippen MR) is 68.1 cm³/mol. The lowest BCUT2D eigenvalue weighted by molar-refractivity contribution is 0.0731. The minimum Gasteiger partial charge on any atom is -0.328 e. The van der Waals surface area contributed by atoms with Gasteiger partial charge in [-0.2, -0.15) is 0 Å². The van der Waals surface area contributed by atoms with Gasteiger partial charge in [0.2, 0.25) is 0 Å². The monoisotopic (exact) mass is 218 g/mol. The van der Waals surface area contributed by atoms with Gasteiger partial charge in [0.05, 0.1) is 0 Å². The van der Waals surface area contributed by atoms with Crippen molar-refractivity contribution in [2.75, 3.05) is 0 Å². The minimum atomic E-state index is 0.432. The lowest BCUT2D eigenvalue weighted by Crippen LogP contribution is -2.52. The predicted octanol–water partition coefficient (Wildman–Crippen LogP) is 2.39. The first kappa shape index (κ1) is 11.6. The fourth-order valence-corrected chi connectivity index (χ4v) is 2.43. The molecule has 2 nitrogen and oxygen atoms in total. The fourth-order valence-electron chi connectivity index (χ4n) is 2.43. The molecule has 88 valence electrons. The Morgan fingerprint density at radius 2 is 1.88 bits per heavy atom. The number of nitrogens with two attached hydrogens (primary N) is 1. The van der Waals surface area contributed by atoms with Crippen LogP contribution in [0.25, 0.3) is 0 Å². The molecule has 0 saturated heterocycles. The van der Waals surface area contributed by atoms with Gasteiger partial charge in [-0.05, 0) is 32.3 Å². The highest BCUT2D eigenvalue weighted by Crippen LogP contribution is 2.27. The van der Waals surface area contributed by atoms with E-state index in [-0.39, 0.29) is 0 Å². The molecule has 0 aromatic heterocycles. The second-order valence-corrected chi connectivity index (χ2v) is 5.14. The van der Waals surface area contributed by atoms with Gasteiger partial charge in [-0.25, -0.2) is 0 Å². The summed E-state index contributed by atoms with van der Waals surface area (Å²) >= 11 is 0. The molecule has 2 heteroatoms. The molecule has 0 heterocycles. The summed E-state index contributed by atoms with van der Waals surface area (Å²) in [5, 5.41) is 0. The van der Waals surface area contributed by atoms with Gasteiger partial charge >= 0.3 is 0 Å². The topological polar surface area (TPSA) is 29.3 Å². The molecule has 0 unspecified atom stereocenters. The van der Waals surface area contributed by atoms with Crippen LogP contribution in [-0.4, -0.2) is 23.0 Å². The van der Waals surface area contributed by atoms with Crippen LogP contribution in [0.15, 0.2) is 30.3 Å². The molecule has 0 radical (unpaired) electrons. The molecule has 0 amide bonds. The molecular formula is C14H22N2. The van der Waals surface area contributed by atoms with Gasteiger partial charge in [0, 0.05) is 24.7 Å². The van der Waals surface area contributed by atoms with Crippen LogP contribution in [0, 0.1) is 0 Å². The smallest absolute Gasteiger partial charge is 0.0239 e. The minimum absolute atomic E-state index is 0.432. The van der Waals surface area contributed by atoms with E-state index in [4.69, 9.17) is 5.73 Å². The highest BCUT2D eigenvalue weighted by atomic mass is 15.2. The van der Waals surface area contributed by atoms with Crippen molar-refractivity contribution < 1.29 is 0 Å². The summed E-state index contributed by atoms with van der Waals surface area (Å²) in [5.74, 6) is 0. The van der Waals surface area contributed by atoms with Crippen LogP contribution in [0.5, 0.6) is 0 Å². The van der Waals surface area contributed by atoms with Crippen LogP contribution < -0.4 is 5.73 Å². The molecule has 1 aromatic carbocycles. The van der Waals surface area contributed by atoms with E-state index in [0.29, 0.717) is 18.1 Å². The summed E-state index contributed by atoms with van der Waals surface area (Å²) in [6.07, 6.45) is 2.32. The molecule has 16 heavy (non-hydrogen) atoms. The summed E-state index contributed by atoms with van der Waals surface area (Å²) in [5.41, 5.74) is 7.27. The van der Waals surface area contributed by atoms with Gasteiger partial charge in [0.1, 0.15) is 0 Å². The third-order valence-electron chi connectivity index (χ3n) is 3.49. The second kappa shape index (κ2) is 4.98. The third-order valence-corrected chi connectivity index (χ3v) is 3.49. The Hall–Kier alpha value is -0.860. The highest BCUT2D eigenvalue weighted by molar-refractivity contribution is 5.15. The van der Waals surface area contributed by atoms with E-state index < -0.39 is 0 Å². The highest BCUT2D eigenvalue weighted by Gasteiger charge is 2.32. The maximum absolute atomic E-state index is 5.87.